The fourth-order valence-corrected chi connectivity index (χ4v) is 1.96. The summed E-state index contributed by atoms with van der Waals surface area (Å²) >= 11 is 0. The quantitative estimate of drug-likeness (QED) is 0.910. The summed E-state index contributed by atoms with van der Waals surface area (Å²) in [6, 6.07) is 8.03. The van der Waals surface area contributed by atoms with Crippen LogP contribution in [0.4, 0.5) is 0 Å². The number of para-hydroxylation sites is 1. The molecule has 108 valence electrons. The Labute approximate surface area is 120 Å². The van der Waals surface area contributed by atoms with Gasteiger partial charge in [0.25, 0.3) is 0 Å². The van der Waals surface area contributed by atoms with Crippen LogP contribution in [-0.4, -0.2) is 22.4 Å². The van der Waals surface area contributed by atoms with Gasteiger partial charge in [-0.15, -0.1) is 0 Å². The van der Waals surface area contributed by atoms with Crippen LogP contribution in [0.1, 0.15) is 31.9 Å². The van der Waals surface area contributed by atoms with Gasteiger partial charge in [-0.05, 0) is 26.8 Å². The summed E-state index contributed by atoms with van der Waals surface area (Å²) in [6.45, 7) is 8.03. The highest BCUT2D eigenvalue weighted by Crippen LogP contribution is 2.18. The molecule has 0 amide bonds. The second-order valence-corrected chi connectivity index (χ2v) is 5.96. The van der Waals surface area contributed by atoms with Crippen LogP contribution in [0, 0.1) is 0 Å². The van der Waals surface area contributed by atoms with Crippen LogP contribution in [0.5, 0.6) is 5.75 Å². The number of nitrogens with one attached hydrogen (secondary N) is 1. The summed E-state index contributed by atoms with van der Waals surface area (Å²) in [7, 11) is 1.70. The molecule has 0 aliphatic rings. The molecule has 0 radical (unpaired) electrons. The Morgan fingerprint density at radius 2 is 2.00 bits per heavy atom. The van der Waals surface area contributed by atoms with Crippen molar-refractivity contribution in [1.82, 2.24) is 15.1 Å². The van der Waals surface area contributed by atoms with E-state index in [1.165, 1.54) is 5.56 Å². The average molecular weight is 273 g/mol. The molecule has 1 aromatic carbocycles. The molecule has 2 rings (SSSR count). The lowest BCUT2D eigenvalue weighted by atomic mass is 10.1. The van der Waals surface area contributed by atoms with E-state index < -0.39 is 0 Å². The van der Waals surface area contributed by atoms with Crippen molar-refractivity contribution in [1.29, 1.82) is 0 Å². The molecule has 1 heterocycles. The molecule has 2 aromatic rings. The molecule has 1 N–H and O–H groups in total. The van der Waals surface area contributed by atoms with Crippen molar-refractivity contribution in [2.24, 2.45) is 0 Å². The van der Waals surface area contributed by atoms with Gasteiger partial charge in [0.15, 0.2) is 0 Å². The standard InChI is InChI=1S/C16H23N3O/c1-16(2,3)17-9-13-10-18-19(11-13)12-14-7-5-6-8-15(14)20-4/h5-8,10-11,17H,9,12H2,1-4H3. The highest BCUT2D eigenvalue weighted by Gasteiger charge is 2.09. The van der Waals surface area contributed by atoms with Gasteiger partial charge in [0.2, 0.25) is 0 Å². The Bertz CT molecular complexity index is 555. The second-order valence-electron chi connectivity index (χ2n) is 5.96. The van der Waals surface area contributed by atoms with E-state index in [2.05, 4.69) is 43.4 Å². The molecule has 0 fully saturated rings. The van der Waals surface area contributed by atoms with Gasteiger partial charge in [0.05, 0.1) is 19.9 Å². The van der Waals surface area contributed by atoms with Gasteiger partial charge in [-0.2, -0.15) is 5.10 Å². The van der Waals surface area contributed by atoms with Crippen molar-refractivity contribution in [2.45, 2.75) is 39.4 Å². The number of benzene rings is 1. The van der Waals surface area contributed by atoms with E-state index in [0.717, 1.165) is 24.4 Å². The Hall–Kier alpha value is -1.81. The summed E-state index contributed by atoms with van der Waals surface area (Å²) in [5, 5.41) is 7.87. The molecule has 1 aromatic heterocycles. The molecule has 4 heteroatoms. The topological polar surface area (TPSA) is 39.1 Å². The smallest absolute Gasteiger partial charge is 0.123 e. The molecule has 0 bridgehead atoms. The predicted molar refractivity (Wildman–Crippen MR) is 80.9 cm³/mol. The normalized spacial score (nSPS) is 11.6. The van der Waals surface area contributed by atoms with Crippen LogP contribution in [-0.2, 0) is 13.1 Å². The van der Waals surface area contributed by atoms with E-state index >= 15 is 0 Å². The minimum Gasteiger partial charge on any atom is -0.496 e. The number of hydrogen-bond donors (Lipinski definition) is 1. The molecule has 0 spiro atoms. The zero-order chi connectivity index (χ0) is 14.6. The van der Waals surface area contributed by atoms with E-state index in [1.807, 2.05) is 29.1 Å². The fourth-order valence-electron chi connectivity index (χ4n) is 1.96. The van der Waals surface area contributed by atoms with E-state index in [4.69, 9.17) is 4.74 Å². The molecule has 0 atom stereocenters. The number of nitrogens with zero attached hydrogens (tertiary/aromatic N) is 2. The number of methoxy groups -OCH3 is 1. The highest BCUT2D eigenvalue weighted by molar-refractivity contribution is 5.33. The van der Waals surface area contributed by atoms with Gasteiger partial charge in [-0.25, -0.2) is 0 Å². The maximum atomic E-state index is 5.36. The minimum atomic E-state index is 0.116. The fraction of sp³-hybridized carbons (Fsp3) is 0.438. The van der Waals surface area contributed by atoms with Crippen molar-refractivity contribution in [3.8, 4) is 5.75 Å². The summed E-state index contributed by atoms with van der Waals surface area (Å²) in [6.07, 6.45) is 3.99. The van der Waals surface area contributed by atoms with Gasteiger partial charge in [0.1, 0.15) is 5.75 Å². The lowest BCUT2D eigenvalue weighted by Crippen LogP contribution is -2.34. The highest BCUT2D eigenvalue weighted by atomic mass is 16.5. The lowest BCUT2D eigenvalue weighted by Gasteiger charge is -2.19. The first-order valence-electron chi connectivity index (χ1n) is 6.86. The molecule has 4 nitrogen and oxygen atoms in total. The van der Waals surface area contributed by atoms with Crippen molar-refractivity contribution in [3.63, 3.8) is 0 Å². The predicted octanol–water partition coefficient (Wildman–Crippen LogP) is 2.83. The van der Waals surface area contributed by atoms with Crippen LogP contribution in [0.25, 0.3) is 0 Å². The third-order valence-corrected chi connectivity index (χ3v) is 3.03. The maximum Gasteiger partial charge on any atom is 0.123 e. The van der Waals surface area contributed by atoms with Crippen molar-refractivity contribution in [3.05, 3.63) is 47.8 Å². The van der Waals surface area contributed by atoms with Crippen LogP contribution in [0.15, 0.2) is 36.7 Å². The van der Waals surface area contributed by atoms with E-state index in [1.54, 1.807) is 7.11 Å². The molecule has 0 saturated heterocycles. The van der Waals surface area contributed by atoms with Gasteiger partial charge in [0, 0.05) is 29.4 Å². The molecular formula is C16H23N3O. The Balaban J connectivity index is 2.02. The third kappa shape index (κ3) is 4.10. The number of aromatic nitrogens is 2. The van der Waals surface area contributed by atoms with Crippen LogP contribution in [0.2, 0.25) is 0 Å². The SMILES string of the molecule is COc1ccccc1Cn1cc(CNC(C)(C)C)cn1. The molecule has 0 aliphatic carbocycles. The molecular weight excluding hydrogens is 250 g/mol. The first kappa shape index (κ1) is 14.6. The Morgan fingerprint density at radius 1 is 1.25 bits per heavy atom. The molecule has 0 unspecified atom stereocenters. The average Bonchev–Trinajstić information content (AvgIpc) is 2.84. The maximum absolute atomic E-state index is 5.36. The summed E-state index contributed by atoms with van der Waals surface area (Å²) in [5.41, 5.74) is 2.44. The number of ether oxygens (including phenoxy) is 1. The van der Waals surface area contributed by atoms with Crippen molar-refractivity contribution >= 4 is 0 Å². The number of hydrogen-bond acceptors (Lipinski definition) is 3. The van der Waals surface area contributed by atoms with Gasteiger partial charge >= 0.3 is 0 Å². The molecule has 20 heavy (non-hydrogen) atoms. The molecule has 0 saturated carbocycles. The van der Waals surface area contributed by atoms with E-state index in [0.29, 0.717) is 0 Å². The van der Waals surface area contributed by atoms with E-state index in [-0.39, 0.29) is 5.54 Å². The van der Waals surface area contributed by atoms with Crippen molar-refractivity contribution in [2.75, 3.05) is 7.11 Å². The van der Waals surface area contributed by atoms with Gasteiger partial charge < -0.3 is 10.1 Å². The zero-order valence-corrected chi connectivity index (χ0v) is 12.7. The third-order valence-electron chi connectivity index (χ3n) is 3.03. The van der Waals surface area contributed by atoms with Crippen LogP contribution >= 0.6 is 0 Å². The Morgan fingerprint density at radius 3 is 2.70 bits per heavy atom. The largest absolute Gasteiger partial charge is 0.496 e. The van der Waals surface area contributed by atoms with Gasteiger partial charge in [-0.3, -0.25) is 4.68 Å². The Kier molecular flexibility index (Phi) is 4.45. The summed E-state index contributed by atoms with van der Waals surface area (Å²) in [5.74, 6) is 0.900. The van der Waals surface area contributed by atoms with Crippen LogP contribution in [0.3, 0.4) is 0 Å². The minimum absolute atomic E-state index is 0.116. The summed E-state index contributed by atoms with van der Waals surface area (Å²) in [4.78, 5) is 0. The van der Waals surface area contributed by atoms with Crippen LogP contribution < -0.4 is 10.1 Å². The van der Waals surface area contributed by atoms with Crippen molar-refractivity contribution < 1.29 is 4.74 Å². The lowest BCUT2D eigenvalue weighted by molar-refractivity contribution is 0.407. The second kappa shape index (κ2) is 6.09. The number of rotatable bonds is 5. The first-order valence-corrected chi connectivity index (χ1v) is 6.86. The molecule has 0 aliphatic heterocycles. The van der Waals surface area contributed by atoms with E-state index in [9.17, 15) is 0 Å². The monoisotopic (exact) mass is 273 g/mol. The zero-order valence-electron chi connectivity index (χ0n) is 12.7. The van der Waals surface area contributed by atoms with Gasteiger partial charge in [-0.1, -0.05) is 18.2 Å². The summed E-state index contributed by atoms with van der Waals surface area (Å²) < 4.78 is 7.31. The first-order chi connectivity index (χ1) is 9.48.